The van der Waals surface area contributed by atoms with Crippen molar-refractivity contribution < 1.29 is 13.9 Å². The Kier molecular flexibility index (Phi) is 4.98. The number of benzene rings is 1. The first kappa shape index (κ1) is 15.6. The molecule has 0 unspecified atom stereocenters. The number of ether oxygens (including phenoxy) is 1. The molecule has 0 saturated carbocycles. The SMILES string of the molecule is CN1CCC(Oc2ccc(CNC(=O)c3ccoc3)cc2)CC1. The van der Waals surface area contributed by atoms with Crippen LogP contribution in [0.4, 0.5) is 0 Å². The molecule has 0 atom stereocenters. The highest BCUT2D eigenvalue weighted by molar-refractivity contribution is 5.93. The van der Waals surface area contributed by atoms with Crippen molar-refractivity contribution in [2.75, 3.05) is 20.1 Å². The van der Waals surface area contributed by atoms with E-state index in [2.05, 4.69) is 17.3 Å². The van der Waals surface area contributed by atoms with Crippen LogP contribution < -0.4 is 10.1 Å². The van der Waals surface area contributed by atoms with Gasteiger partial charge in [0.1, 0.15) is 18.1 Å². The lowest BCUT2D eigenvalue weighted by Gasteiger charge is -2.29. The topological polar surface area (TPSA) is 54.7 Å². The molecular formula is C18H22N2O3. The van der Waals surface area contributed by atoms with Gasteiger partial charge in [0.25, 0.3) is 5.91 Å². The van der Waals surface area contributed by atoms with Crippen LogP contribution in [0.25, 0.3) is 0 Å². The average molecular weight is 314 g/mol. The van der Waals surface area contributed by atoms with Gasteiger partial charge in [-0.1, -0.05) is 12.1 Å². The number of carbonyl (C=O) groups is 1. The Bertz CT molecular complexity index is 614. The first-order chi connectivity index (χ1) is 11.2. The number of furan rings is 1. The minimum atomic E-state index is -0.134. The molecule has 1 aliphatic heterocycles. The first-order valence-corrected chi connectivity index (χ1v) is 7.95. The minimum absolute atomic E-state index is 0.134. The van der Waals surface area contributed by atoms with Gasteiger partial charge >= 0.3 is 0 Å². The van der Waals surface area contributed by atoms with Gasteiger partial charge in [0.15, 0.2) is 0 Å². The smallest absolute Gasteiger partial charge is 0.254 e. The van der Waals surface area contributed by atoms with Gasteiger partial charge in [0.2, 0.25) is 0 Å². The summed E-state index contributed by atoms with van der Waals surface area (Å²) in [4.78, 5) is 14.2. The number of piperidine rings is 1. The Morgan fingerprint density at radius 3 is 2.65 bits per heavy atom. The largest absolute Gasteiger partial charge is 0.490 e. The fourth-order valence-electron chi connectivity index (χ4n) is 2.66. The van der Waals surface area contributed by atoms with Gasteiger partial charge in [-0.05, 0) is 43.7 Å². The minimum Gasteiger partial charge on any atom is -0.490 e. The highest BCUT2D eigenvalue weighted by Gasteiger charge is 2.17. The van der Waals surface area contributed by atoms with E-state index in [4.69, 9.17) is 9.15 Å². The third-order valence-corrected chi connectivity index (χ3v) is 4.13. The molecule has 1 N–H and O–H groups in total. The fourth-order valence-corrected chi connectivity index (χ4v) is 2.66. The van der Waals surface area contributed by atoms with E-state index in [1.54, 1.807) is 6.07 Å². The molecule has 2 heterocycles. The van der Waals surface area contributed by atoms with E-state index in [1.807, 2.05) is 24.3 Å². The first-order valence-electron chi connectivity index (χ1n) is 7.95. The fraction of sp³-hybridized carbons (Fsp3) is 0.389. The molecule has 1 aromatic heterocycles. The lowest BCUT2D eigenvalue weighted by molar-refractivity contribution is 0.0950. The zero-order valence-corrected chi connectivity index (χ0v) is 13.3. The summed E-state index contributed by atoms with van der Waals surface area (Å²) in [6.07, 6.45) is 5.37. The van der Waals surface area contributed by atoms with Crippen LogP contribution in [0, 0.1) is 0 Å². The lowest BCUT2D eigenvalue weighted by Crippen LogP contribution is -2.35. The second kappa shape index (κ2) is 7.33. The van der Waals surface area contributed by atoms with Crippen LogP contribution in [0.15, 0.2) is 47.3 Å². The second-order valence-electron chi connectivity index (χ2n) is 5.96. The Balaban J connectivity index is 1.48. The molecule has 3 rings (SSSR count). The number of carbonyl (C=O) groups excluding carboxylic acids is 1. The molecule has 1 aromatic carbocycles. The Labute approximate surface area is 136 Å². The van der Waals surface area contributed by atoms with Crippen molar-refractivity contribution in [2.24, 2.45) is 0 Å². The molecule has 1 saturated heterocycles. The zero-order valence-electron chi connectivity index (χ0n) is 13.3. The van der Waals surface area contributed by atoms with Crippen LogP contribution in [-0.4, -0.2) is 37.0 Å². The molecule has 1 amide bonds. The van der Waals surface area contributed by atoms with Gasteiger partial charge in [-0.3, -0.25) is 4.79 Å². The number of rotatable bonds is 5. The molecule has 0 radical (unpaired) electrons. The standard InChI is InChI=1S/C18H22N2O3/c1-20-9-6-17(7-10-20)23-16-4-2-14(3-5-16)12-19-18(21)15-8-11-22-13-15/h2-5,8,11,13,17H,6-7,9-10,12H2,1H3,(H,19,21). The van der Waals surface area contributed by atoms with Gasteiger partial charge < -0.3 is 19.4 Å². The van der Waals surface area contributed by atoms with Gasteiger partial charge in [0, 0.05) is 19.6 Å². The number of hydrogen-bond acceptors (Lipinski definition) is 4. The van der Waals surface area contributed by atoms with Crippen LogP contribution in [0.3, 0.4) is 0 Å². The highest BCUT2D eigenvalue weighted by atomic mass is 16.5. The van der Waals surface area contributed by atoms with E-state index >= 15 is 0 Å². The van der Waals surface area contributed by atoms with Crippen molar-refractivity contribution in [1.29, 1.82) is 0 Å². The molecule has 1 fully saturated rings. The summed E-state index contributed by atoms with van der Waals surface area (Å²) in [5, 5.41) is 2.86. The second-order valence-corrected chi connectivity index (χ2v) is 5.96. The summed E-state index contributed by atoms with van der Waals surface area (Å²) in [5.74, 6) is 0.759. The van der Waals surface area contributed by atoms with Crippen molar-refractivity contribution in [3.63, 3.8) is 0 Å². The number of hydrogen-bond donors (Lipinski definition) is 1. The molecule has 0 spiro atoms. The van der Waals surface area contributed by atoms with E-state index in [1.165, 1.54) is 12.5 Å². The van der Waals surface area contributed by atoms with Crippen molar-refractivity contribution >= 4 is 5.91 Å². The third-order valence-electron chi connectivity index (χ3n) is 4.13. The maximum Gasteiger partial charge on any atom is 0.254 e. The Morgan fingerprint density at radius 2 is 2.00 bits per heavy atom. The predicted octanol–water partition coefficient (Wildman–Crippen LogP) is 2.68. The quantitative estimate of drug-likeness (QED) is 0.922. The molecule has 5 nitrogen and oxygen atoms in total. The van der Waals surface area contributed by atoms with E-state index < -0.39 is 0 Å². The van der Waals surface area contributed by atoms with Crippen LogP contribution in [0.2, 0.25) is 0 Å². The summed E-state index contributed by atoms with van der Waals surface area (Å²) in [5.41, 5.74) is 1.57. The van der Waals surface area contributed by atoms with Crippen molar-refractivity contribution in [3.05, 3.63) is 54.0 Å². The Morgan fingerprint density at radius 1 is 1.26 bits per heavy atom. The Hall–Kier alpha value is -2.27. The molecule has 0 bridgehead atoms. The molecule has 0 aliphatic carbocycles. The van der Waals surface area contributed by atoms with Crippen molar-refractivity contribution in [1.82, 2.24) is 10.2 Å². The zero-order chi connectivity index (χ0) is 16.1. The normalized spacial score (nSPS) is 16.2. The number of likely N-dealkylation sites (tertiary alicyclic amines) is 1. The van der Waals surface area contributed by atoms with E-state index in [0.717, 1.165) is 37.2 Å². The summed E-state index contributed by atoms with van der Waals surface area (Å²) in [6.45, 7) is 2.66. The van der Waals surface area contributed by atoms with Crippen molar-refractivity contribution in [2.45, 2.75) is 25.5 Å². The van der Waals surface area contributed by atoms with Gasteiger partial charge in [-0.25, -0.2) is 0 Å². The molecular weight excluding hydrogens is 292 g/mol. The van der Waals surface area contributed by atoms with Crippen LogP contribution in [0.1, 0.15) is 28.8 Å². The maximum absolute atomic E-state index is 11.8. The molecule has 1 aliphatic rings. The van der Waals surface area contributed by atoms with Crippen molar-refractivity contribution in [3.8, 4) is 5.75 Å². The summed E-state index contributed by atoms with van der Waals surface area (Å²) >= 11 is 0. The average Bonchev–Trinajstić information content (AvgIpc) is 3.11. The van der Waals surface area contributed by atoms with E-state index in [0.29, 0.717) is 18.2 Å². The lowest BCUT2D eigenvalue weighted by atomic mass is 10.1. The number of amides is 1. The predicted molar refractivity (Wildman–Crippen MR) is 87.5 cm³/mol. The third kappa shape index (κ3) is 4.36. The molecule has 2 aromatic rings. The highest BCUT2D eigenvalue weighted by Crippen LogP contribution is 2.19. The molecule has 5 heteroatoms. The van der Waals surface area contributed by atoms with E-state index in [-0.39, 0.29) is 5.91 Å². The molecule has 23 heavy (non-hydrogen) atoms. The van der Waals surface area contributed by atoms with Crippen LogP contribution >= 0.6 is 0 Å². The molecule has 122 valence electrons. The van der Waals surface area contributed by atoms with Crippen LogP contribution in [-0.2, 0) is 6.54 Å². The van der Waals surface area contributed by atoms with Crippen LogP contribution in [0.5, 0.6) is 5.75 Å². The van der Waals surface area contributed by atoms with Gasteiger partial charge in [0.05, 0.1) is 11.8 Å². The summed E-state index contributed by atoms with van der Waals surface area (Å²) in [6, 6.07) is 9.56. The van der Waals surface area contributed by atoms with E-state index in [9.17, 15) is 4.79 Å². The monoisotopic (exact) mass is 314 g/mol. The van der Waals surface area contributed by atoms with Gasteiger partial charge in [-0.2, -0.15) is 0 Å². The summed E-state index contributed by atoms with van der Waals surface area (Å²) in [7, 11) is 2.14. The van der Waals surface area contributed by atoms with Gasteiger partial charge in [-0.15, -0.1) is 0 Å². The number of nitrogens with zero attached hydrogens (tertiary/aromatic N) is 1. The summed E-state index contributed by atoms with van der Waals surface area (Å²) < 4.78 is 10.9. The number of nitrogens with one attached hydrogen (secondary N) is 1. The maximum atomic E-state index is 11.8.